The van der Waals surface area contributed by atoms with Gasteiger partial charge in [0.1, 0.15) is 6.54 Å². The highest BCUT2D eigenvalue weighted by molar-refractivity contribution is 14.1. The first-order valence-electron chi connectivity index (χ1n) is 4.14. The molecular formula is C9H6ClIN2O2. The van der Waals surface area contributed by atoms with Crippen LogP contribution in [0.4, 0.5) is 10.5 Å². The molecule has 0 saturated carbocycles. The Morgan fingerprint density at radius 2 is 2.13 bits per heavy atom. The van der Waals surface area contributed by atoms with Crippen molar-refractivity contribution < 1.29 is 9.59 Å². The van der Waals surface area contributed by atoms with Crippen molar-refractivity contribution in [2.24, 2.45) is 0 Å². The second-order valence-electron chi connectivity index (χ2n) is 3.04. The molecule has 1 fully saturated rings. The molecule has 1 aliphatic heterocycles. The van der Waals surface area contributed by atoms with Gasteiger partial charge >= 0.3 is 6.03 Å². The van der Waals surface area contributed by atoms with E-state index in [1.807, 2.05) is 6.07 Å². The highest BCUT2D eigenvalue weighted by Crippen LogP contribution is 2.28. The minimum Gasteiger partial charge on any atom is -0.283 e. The molecule has 1 aliphatic rings. The number of urea groups is 1. The maximum Gasteiger partial charge on any atom is 0.329 e. The lowest BCUT2D eigenvalue weighted by Crippen LogP contribution is -2.28. The molecule has 6 heteroatoms. The Kier molecular flexibility index (Phi) is 2.83. The third-order valence-electron chi connectivity index (χ3n) is 1.99. The normalized spacial score (nSPS) is 15.7. The summed E-state index contributed by atoms with van der Waals surface area (Å²) < 4.78 is 0.979. The van der Waals surface area contributed by atoms with Gasteiger partial charge in [0.05, 0.1) is 10.7 Å². The van der Waals surface area contributed by atoms with Crippen molar-refractivity contribution in [1.82, 2.24) is 5.32 Å². The minimum atomic E-state index is -0.428. The lowest BCUT2D eigenvalue weighted by atomic mass is 10.3. The Morgan fingerprint density at radius 1 is 1.40 bits per heavy atom. The first-order valence-corrected chi connectivity index (χ1v) is 5.60. The van der Waals surface area contributed by atoms with Crippen molar-refractivity contribution in [1.29, 1.82) is 0 Å². The number of nitrogens with one attached hydrogen (secondary N) is 1. The summed E-state index contributed by atoms with van der Waals surface area (Å²) in [5, 5.41) is 2.66. The second kappa shape index (κ2) is 3.97. The van der Waals surface area contributed by atoms with Crippen LogP contribution in [0.2, 0.25) is 5.02 Å². The number of anilines is 1. The molecule has 1 aromatic rings. The van der Waals surface area contributed by atoms with Crippen molar-refractivity contribution in [2.45, 2.75) is 0 Å². The Balaban J connectivity index is 2.38. The topological polar surface area (TPSA) is 49.4 Å². The molecule has 2 rings (SSSR count). The summed E-state index contributed by atoms with van der Waals surface area (Å²) in [7, 11) is 0. The third-order valence-corrected chi connectivity index (χ3v) is 2.97. The minimum absolute atomic E-state index is 0.0269. The number of nitrogens with zero attached hydrogens (tertiary/aromatic N) is 1. The quantitative estimate of drug-likeness (QED) is 0.630. The number of halogens is 2. The largest absolute Gasteiger partial charge is 0.329 e. The van der Waals surface area contributed by atoms with Crippen LogP contribution in [0.25, 0.3) is 0 Å². The van der Waals surface area contributed by atoms with Gasteiger partial charge in [0, 0.05) is 3.57 Å². The molecule has 1 heterocycles. The van der Waals surface area contributed by atoms with Gasteiger partial charge in [-0.15, -0.1) is 0 Å². The van der Waals surface area contributed by atoms with Gasteiger partial charge in [-0.05, 0) is 40.8 Å². The van der Waals surface area contributed by atoms with E-state index >= 15 is 0 Å². The van der Waals surface area contributed by atoms with E-state index < -0.39 is 6.03 Å². The number of carbonyl (C=O) groups excluding carboxylic acids is 2. The first-order chi connectivity index (χ1) is 7.08. The van der Waals surface area contributed by atoms with E-state index in [9.17, 15) is 9.59 Å². The molecule has 1 aromatic carbocycles. The molecule has 4 nitrogen and oxygen atoms in total. The lowest BCUT2D eigenvalue weighted by molar-refractivity contribution is -0.117. The molecule has 0 spiro atoms. The maximum absolute atomic E-state index is 11.4. The van der Waals surface area contributed by atoms with Crippen LogP contribution in [0.3, 0.4) is 0 Å². The average Bonchev–Trinajstić information content (AvgIpc) is 2.45. The zero-order valence-electron chi connectivity index (χ0n) is 7.46. The fourth-order valence-electron chi connectivity index (χ4n) is 1.34. The molecule has 0 unspecified atom stereocenters. The monoisotopic (exact) mass is 336 g/mol. The number of hydrogen-bond donors (Lipinski definition) is 1. The van der Waals surface area contributed by atoms with Crippen molar-refractivity contribution >= 4 is 51.8 Å². The molecule has 1 saturated heterocycles. The van der Waals surface area contributed by atoms with Crippen LogP contribution in [0, 0.1) is 3.57 Å². The van der Waals surface area contributed by atoms with E-state index in [0.29, 0.717) is 10.7 Å². The summed E-state index contributed by atoms with van der Waals surface area (Å²) in [4.78, 5) is 23.7. The third kappa shape index (κ3) is 2.07. The summed E-state index contributed by atoms with van der Waals surface area (Å²) in [6.07, 6.45) is 0. The lowest BCUT2D eigenvalue weighted by Gasteiger charge is -2.14. The van der Waals surface area contributed by atoms with E-state index in [4.69, 9.17) is 11.6 Å². The Hall–Kier alpha value is -0.820. The number of rotatable bonds is 1. The average molecular weight is 337 g/mol. The smallest absolute Gasteiger partial charge is 0.283 e. The number of benzene rings is 1. The predicted molar refractivity (Wildman–Crippen MR) is 65.1 cm³/mol. The van der Waals surface area contributed by atoms with Crippen LogP contribution >= 0.6 is 34.2 Å². The Morgan fingerprint density at radius 3 is 2.67 bits per heavy atom. The SMILES string of the molecule is O=C1CN(c2ccc(I)cc2Cl)C(=O)N1. The molecule has 3 amide bonds. The predicted octanol–water partition coefficient (Wildman–Crippen LogP) is 2.00. The van der Waals surface area contributed by atoms with E-state index in [1.165, 1.54) is 4.90 Å². The van der Waals surface area contributed by atoms with Gasteiger partial charge in [0.25, 0.3) is 0 Å². The van der Waals surface area contributed by atoms with Gasteiger partial charge in [-0.25, -0.2) is 4.79 Å². The Labute approximate surface area is 105 Å². The van der Waals surface area contributed by atoms with E-state index in [-0.39, 0.29) is 12.5 Å². The van der Waals surface area contributed by atoms with Crippen LogP contribution in [0.5, 0.6) is 0 Å². The molecule has 15 heavy (non-hydrogen) atoms. The molecule has 0 radical (unpaired) electrons. The standard InChI is InChI=1S/C9H6ClIN2O2/c10-6-3-5(11)1-2-7(6)13-4-8(14)12-9(13)15/h1-3H,4H2,(H,12,14,15). The molecule has 0 aliphatic carbocycles. The summed E-state index contributed by atoms with van der Waals surface area (Å²) in [6.45, 7) is 0.0269. The molecule has 0 bridgehead atoms. The van der Waals surface area contributed by atoms with Crippen LogP contribution in [0.1, 0.15) is 0 Å². The molecule has 0 atom stereocenters. The summed E-state index contributed by atoms with van der Waals surface area (Å²) in [6, 6.07) is 4.87. The fraction of sp³-hybridized carbons (Fsp3) is 0.111. The van der Waals surface area contributed by atoms with E-state index in [0.717, 1.165) is 3.57 Å². The zero-order valence-corrected chi connectivity index (χ0v) is 10.4. The summed E-state index contributed by atoms with van der Waals surface area (Å²) >= 11 is 8.11. The van der Waals surface area contributed by atoms with Crippen molar-refractivity contribution in [2.75, 3.05) is 11.4 Å². The summed E-state index contributed by atoms with van der Waals surface area (Å²) in [5.41, 5.74) is 0.556. The van der Waals surface area contributed by atoms with Gasteiger partial charge in [0.2, 0.25) is 5.91 Å². The number of hydrogen-bond acceptors (Lipinski definition) is 2. The fourth-order valence-corrected chi connectivity index (χ4v) is 2.29. The van der Waals surface area contributed by atoms with Crippen molar-refractivity contribution in [3.63, 3.8) is 0 Å². The van der Waals surface area contributed by atoms with Crippen LogP contribution in [-0.4, -0.2) is 18.5 Å². The van der Waals surface area contributed by atoms with Crippen LogP contribution in [0.15, 0.2) is 18.2 Å². The molecule has 1 N–H and O–H groups in total. The molecular weight excluding hydrogens is 330 g/mol. The highest BCUT2D eigenvalue weighted by Gasteiger charge is 2.29. The van der Waals surface area contributed by atoms with Crippen molar-refractivity contribution in [3.05, 3.63) is 26.8 Å². The second-order valence-corrected chi connectivity index (χ2v) is 4.69. The Bertz CT molecular complexity index is 450. The maximum atomic E-state index is 11.4. The number of imide groups is 1. The van der Waals surface area contributed by atoms with Gasteiger partial charge in [-0.2, -0.15) is 0 Å². The number of amides is 3. The van der Waals surface area contributed by atoms with Crippen LogP contribution < -0.4 is 10.2 Å². The van der Waals surface area contributed by atoms with E-state index in [1.54, 1.807) is 12.1 Å². The summed E-state index contributed by atoms with van der Waals surface area (Å²) in [5.74, 6) is -0.311. The van der Waals surface area contributed by atoms with Gasteiger partial charge in [0.15, 0.2) is 0 Å². The zero-order chi connectivity index (χ0) is 11.0. The van der Waals surface area contributed by atoms with Gasteiger partial charge in [-0.3, -0.25) is 15.0 Å². The van der Waals surface area contributed by atoms with Gasteiger partial charge in [-0.1, -0.05) is 11.6 Å². The number of carbonyl (C=O) groups is 2. The molecule has 78 valence electrons. The molecule has 0 aromatic heterocycles. The van der Waals surface area contributed by atoms with Crippen LogP contribution in [-0.2, 0) is 4.79 Å². The van der Waals surface area contributed by atoms with E-state index in [2.05, 4.69) is 27.9 Å². The highest BCUT2D eigenvalue weighted by atomic mass is 127. The first kappa shape index (κ1) is 10.7. The van der Waals surface area contributed by atoms with Crippen molar-refractivity contribution in [3.8, 4) is 0 Å². The van der Waals surface area contributed by atoms with Gasteiger partial charge < -0.3 is 0 Å².